The highest BCUT2D eigenvalue weighted by molar-refractivity contribution is 6.23. The molecule has 0 atom stereocenters. The van der Waals surface area contributed by atoms with Gasteiger partial charge in [0.2, 0.25) is 0 Å². The van der Waals surface area contributed by atoms with Crippen molar-refractivity contribution >= 4 is 17.5 Å². The van der Waals surface area contributed by atoms with Gasteiger partial charge in [-0.1, -0.05) is 332 Å². The Morgan fingerprint density at radius 2 is 0.523 bits per heavy atom. The summed E-state index contributed by atoms with van der Waals surface area (Å²) >= 11 is 0. The normalized spacial score (nSPS) is 13.5. The summed E-state index contributed by atoms with van der Waals surface area (Å²) in [7, 11) is 1.40. The van der Waals surface area contributed by atoms with E-state index in [1.165, 1.54) is 259 Å². The molecule has 4 nitrogen and oxygen atoms in total. The summed E-state index contributed by atoms with van der Waals surface area (Å²) in [6.45, 7) is 19.9. The molecule has 4 aliphatic carbocycles. The van der Waals surface area contributed by atoms with Gasteiger partial charge in [0.25, 0.3) is 0 Å². The number of ether oxygens (including phenoxy) is 1. The second-order valence-electron chi connectivity index (χ2n) is 32.4. The van der Waals surface area contributed by atoms with Crippen LogP contribution in [0.15, 0.2) is 182 Å². The monoisotopic (exact) mass is 1420 g/mol. The Bertz CT molecular complexity index is 4860. The number of carbonyl (C=O) groups excluding carboxylic acids is 3. The van der Waals surface area contributed by atoms with Crippen molar-refractivity contribution < 1.29 is 19.1 Å². The molecular formula is C103H116O4. The zero-order chi connectivity index (χ0) is 74.8. The molecule has 10 aromatic rings. The third-order valence-electron chi connectivity index (χ3n) is 25.0. The maximum absolute atomic E-state index is 14.2. The smallest absolute Gasteiger partial charge is 0.338 e. The minimum atomic E-state index is -0.357. The van der Waals surface area contributed by atoms with E-state index in [0.717, 1.165) is 77.9 Å². The predicted molar refractivity (Wildman–Crippen MR) is 452 cm³/mol. The van der Waals surface area contributed by atoms with Gasteiger partial charge < -0.3 is 4.74 Å². The Morgan fingerprint density at radius 1 is 0.262 bits per heavy atom. The van der Waals surface area contributed by atoms with Crippen LogP contribution in [0.2, 0.25) is 0 Å². The highest BCUT2D eigenvalue weighted by Gasteiger charge is 2.45. The van der Waals surface area contributed by atoms with Gasteiger partial charge in [-0.25, -0.2) is 4.79 Å². The molecule has 552 valence electrons. The van der Waals surface area contributed by atoms with Crippen LogP contribution >= 0.6 is 0 Å². The number of unbranched alkanes of at least 4 members (excludes halogenated alkanes) is 20. The molecule has 0 amide bonds. The predicted octanol–water partition coefficient (Wildman–Crippen LogP) is 29.3. The van der Waals surface area contributed by atoms with Crippen molar-refractivity contribution in [3.8, 4) is 89.0 Å². The molecule has 0 heterocycles. The number of methoxy groups -OCH3 is 1. The lowest BCUT2D eigenvalue weighted by atomic mass is 9.70. The molecule has 4 heteroatoms. The lowest BCUT2D eigenvalue weighted by Gasteiger charge is -2.33. The number of aryl methyl sites for hydroxylation is 5. The Kier molecular flexibility index (Phi) is 24.6. The fourth-order valence-electron chi connectivity index (χ4n) is 18.7. The second kappa shape index (κ2) is 34.5. The van der Waals surface area contributed by atoms with Crippen molar-refractivity contribution in [3.05, 3.63) is 260 Å². The lowest BCUT2D eigenvalue weighted by Crippen LogP contribution is -2.25. The standard InChI is InChI=1S/C52H58O3.C51H58O/c1-6-8-10-12-14-16-28-52(29-17-15-13-11-9-7-2)48-30-35(3)18-24-43(48)44-27-23-40(34-49(44)52)39-22-26-42-41-25-21-38(32-46(41)50(53)47(42)33-39)37-20-19-36(4)45(31-37)51(54)55-5;1-6-8-10-12-14-16-28-51(29-17-15-13-11-9-7-2)48-30-35(3)18-24-44(48)45-27-23-41(34-49(45)51)40-22-26-43-42-25-21-39(32-46(42)50(52)47(43)33-40)38-20-19-36(4)37(5)31-38/h18-27,30-34H,6-17,28-29H2,1-5H3;18-27,30-34H,6-17,28-29H2,1-5H3. The highest BCUT2D eigenvalue weighted by atomic mass is 16.5. The van der Waals surface area contributed by atoms with Crippen LogP contribution in [0.25, 0.3) is 89.0 Å². The minimum Gasteiger partial charge on any atom is -0.465 e. The van der Waals surface area contributed by atoms with Crippen LogP contribution in [0.4, 0.5) is 0 Å². The van der Waals surface area contributed by atoms with Gasteiger partial charge in [0.1, 0.15) is 0 Å². The SMILES string of the molecule is CCCCCCCCC1(CCCCCCCC)c2cc(C)ccc2-c2ccc(-c3ccc4c(c3)C(=O)c3cc(-c5ccc(C)c(C(=O)OC)c5)ccc3-4)cc21.CCCCCCCCC1(CCCCCCCC)c2cc(C)ccc2-c2ccc(-c3ccc4c(c3)C(=O)c3cc(-c5ccc(C)c(C)c5)ccc3-4)cc21. The van der Waals surface area contributed by atoms with Crippen molar-refractivity contribution in [2.24, 2.45) is 0 Å². The number of fused-ring (bicyclic) bond motifs is 12. The van der Waals surface area contributed by atoms with Crippen LogP contribution in [-0.2, 0) is 15.6 Å². The van der Waals surface area contributed by atoms with Crippen molar-refractivity contribution in [1.29, 1.82) is 0 Å². The summed E-state index contributed by atoms with van der Waals surface area (Å²) < 4.78 is 5.02. The fourth-order valence-corrected chi connectivity index (χ4v) is 18.7. The number of esters is 1. The summed E-state index contributed by atoms with van der Waals surface area (Å²) in [5, 5.41) is 0. The molecule has 0 fully saturated rings. The zero-order valence-electron chi connectivity index (χ0n) is 66.3. The van der Waals surface area contributed by atoms with Crippen LogP contribution < -0.4 is 0 Å². The highest BCUT2D eigenvalue weighted by Crippen LogP contribution is 2.58. The number of carbonyl (C=O) groups is 3. The largest absolute Gasteiger partial charge is 0.465 e. The van der Waals surface area contributed by atoms with E-state index >= 15 is 0 Å². The molecule has 0 unspecified atom stereocenters. The molecule has 0 bridgehead atoms. The van der Waals surface area contributed by atoms with Crippen molar-refractivity contribution in [2.75, 3.05) is 7.11 Å². The quantitative estimate of drug-likeness (QED) is 0.0304. The molecule has 0 radical (unpaired) electrons. The molecule has 4 aliphatic rings. The van der Waals surface area contributed by atoms with Gasteiger partial charge in [-0.15, -0.1) is 0 Å². The maximum atomic E-state index is 14.2. The van der Waals surface area contributed by atoms with Gasteiger partial charge in [-0.3, -0.25) is 9.59 Å². The van der Waals surface area contributed by atoms with E-state index in [4.69, 9.17) is 4.74 Å². The summed E-state index contributed by atoms with van der Waals surface area (Å²) in [5.41, 5.74) is 34.3. The van der Waals surface area contributed by atoms with Gasteiger partial charge in [0, 0.05) is 33.1 Å². The van der Waals surface area contributed by atoms with Crippen LogP contribution in [0, 0.1) is 34.6 Å². The number of rotatable bonds is 33. The molecule has 0 aromatic heterocycles. The average Bonchev–Trinajstić information content (AvgIpc) is 1.57. The lowest BCUT2D eigenvalue weighted by molar-refractivity contribution is 0.0599. The van der Waals surface area contributed by atoms with E-state index in [1.54, 1.807) is 5.56 Å². The first-order valence-electron chi connectivity index (χ1n) is 41.6. The van der Waals surface area contributed by atoms with Crippen molar-refractivity contribution in [3.63, 3.8) is 0 Å². The molecule has 14 rings (SSSR count). The Hall–Kier alpha value is -8.99. The first kappa shape index (κ1) is 76.2. The molecule has 0 saturated carbocycles. The van der Waals surface area contributed by atoms with Crippen molar-refractivity contribution in [2.45, 2.75) is 253 Å². The van der Waals surface area contributed by atoms with E-state index in [0.29, 0.717) is 11.1 Å². The summed E-state index contributed by atoms with van der Waals surface area (Å²) in [4.78, 5) is 40.7. The maximum Gasteiger partial charge on any atom is 0.338 e. The molecule has 0 saturated heterocycles. The van der Waals surface area contributed by atoms with Gasteiger partial charge >= 0.3 is 5.97 Å². The number of ketones is 2. The van der Waals surface area contributed by atoms with Crippen LogP contribution in [-0.4, -0.2) is 24.6 Å². The molecule has 10 aromatic carbocycles. The Labute approximate surface area is 641 Å². The van der Waals surface area contributed by atoms with Crippen molar-refractivity contribution in [1.82, 2.24) is 0 Å². The second-order valence-corrected chi connectivity index (χ2v) is 32.4. The van der Waals surface area contributed by atoms with Gasteiger partial charge in [0.05, 0.1) is 12.7 Å². The van der Waals surface area contributed by atoms with E-state index in [-0.39, 0.29) is 28.4 Å². The third-order valence-corrected chi connectivity index (χ3v) is 25.0. The van der Waals surface area contributed by atoms with Crippen LogP contribution in [0.3, 0.4) is 0 Å². The first-order chi connectivity index (χ1) is 52.1. The number of benzene rings is 10. The minimum absolute atomic E-state index is 0.00506. The van der Waals surface area contributed by atoms with Gasteiger partial charge in [-0.2, -0.15) is 0 Å². The molecular weight excluding hydrogens is 1300 g/mol. The molecule has 0 spiro atoms. The Morgan fingerprint density at radius 3 is 0.850 bits per heavy atom. The van der Waals surface area contributed by atoms with E-state index in [9.17, 15) is 14.4 Å². The average molecular weight is 1420 g/mol. The van der Waals surface area contributed by atoms with Gasteiger partial charge in [0.15, 0.2) is 11.6 Å². The topological polar surface area (TPSA) is 60.4 Å². The fraction of sp³-hybridized carbons (Fsp3) is 0.388. The summed E-state index contributed by atoms with van der Waals surface area (Å²) in [6, 6.07) is 66.7. The third kappa shape index (κ3) is 15.9. The number of hydrogen-bond donors (Lipinski definition) is 0. The molecule has 0 aliphatic heterocycles. The summed E-state index contributed by atoms with van der Waals surface area (Å²) in [6.07, 6.45) is 36.2. The van der Waals surface area contributed by atoms with E-state index in [2.05, 4.69) is 207 Å². The van der Waals surface area contributed by atoms with Gasteiger partial charge in [-0.05, 0) is 231 Å². The summed E-state index contributed by atoms with van der Waals surface area (Å²) in [5.74, 6) is -0.162. The number of hydrogen-bond acceptors (Lipinski definition) is 4. The van der Waals surface area contributed by atoms with E-state index in [1.807, 2.05) is 37.3 Å². The molecule has 0 N–H and O–H groups in total. The molecule has 107 heavy (non-hydrogen) atoms. The van der Waals surface area contributed by atoms with Crippen LogP contribution in [0.5, 0.6) is 0 Å². The van der Waals surface area contributed by atoms with E-state index < -0.39 is 0 Å². The zero-order valence-corrected chi connectivity index (χ0v) is 66.3. The Balaban J connectivity index is 0.000000189. The first-order valence-corrected chi connectivity index (χ1v) is 41.6. The van der Waals surface area contributed by atoms with Crippen LogP contribution in [0.1, 0.15) is 300 Å².